The molecule has 0 bridgehead atoms. The van der Waals surface area contributed by atoms with Gasteiger partial charge in [-0.25, -0.2) is 24.1 Å². The molecule has 2 aliphatic rings. The number of piperazine rings is 1. The minimum absolute atomic E-state index is 0.108. The van der Waals surface area contributed by atoms with Gasteiger partial charge >= 0.3 is 12.1 Å². The Morgan fingerprint density at radius 1 is 1.18 bits per heavy atom. The number of carbonyl (C=O) groups is 3. The van der Waals surface area contributed by atoms with E-state index in [0.717, 1.165) is 11.4 Å². The summed E-state index contributed by atoms with van der Waals surface area (Å²) in [7, 11) is 0. The van der Waals surface area contributed by atoms with E-state index < -0.39 is 12.1 Å². The van der Waals surface area contributed by atoms with Crippen LogP contribution in [0, 0.1) is 6.92 Å². The molecule has 0 radical (unpaired) electrons. The predicted octanol–water partition coefficient (Wildman–Crippen LogP) is 2.63. The number of amides is 4. The van der Waals surface area contributed by atoms with Gasteiger partial charge in [-0.05, 0) is 49.6 Å². The number of rotatable bonds is 7. The van der Waals surface area contributed by atoms with Crippen molar-refractivity contribution >= 4 is 47.0 Å². The molecular formula is C22H28ClN7O3S. The first-order valence-corrected chi connectivity index (χ1v) is 12.9. The van der Waals surface area contributed by atoms with Crippen molar-refractivity contribution in [2.24, 2.45) is 0 Å². The summed E-state index contributed by atoms with van der Waals surface area (Å²) in [6.07, 6.45) is 4.22. The van der Waals surface area contributed by atoms with Gasteiger partial charge < -0.3 is 15.5 Å². The van der Waals surface area contributed by atoms with Gasteiger partial charge in [0.1, 0.15) is 11.9 Å². The molecule has 4 rings (SSSR count). The Hall–Kier alpha value is -2.76. The standard InChI is InChI=1S/C22H28ClN7O3S/c1-15-24-13-18-14-29(22(33)30(15)18)28-10-8-27(9-11-28)20(31)19(7-12-34-2)26-21(32)25-17-5-3-16(23)4-6-17/h3-6,13,19H,7-12,14H2,1-2H3,(H2,25,26,32)/t19-/m1/s1. The summed E-state index contributed by atoms with van der Waals surface area (Å²) in [4.78, 5) is 44.5. The van der Waals surface area contributed by atoms with Crippen LogP contribution in [0.3, 0.4) is 0 Å². The monoisotopic (exact) mass is 505 g/mol. The van der Waals surface area contributed by atoms with Crippen LogP contribution in [-0.4, -0.2) is 86.7 Å². The molecule has 3 heterocycles. The number of nitrogens with zero attached hydrogens (tertiary/aromatic N) is 5. The molecule has 0 aliphatic carbocycles. The first kappa shape index (κ1) is 24.4. The number of imidazole rings is 1. The van der Waals surface area contributed by atoms with Crippen molar-refractivity contribution < 1.29 is 14.4 Å². The summed E-state index contributed by atoms with van der Waals surface area (Å²) in [6, 6.07) is 5.60. The number of hydrogen-bond acceptors (Lipinski definition) is 6. The lowest BCUT2D eigenvalue weighted by atomic mass is 10.1. The summed E-state index contributed by atoms with van der Waals surface area (Å²) in [6.45, 7) is 4.33. The smallest absolute Gasteiger partial charge is 0.338 e. The number of halogens is 1. The quantitative estimate of drug-likeness (QED) is 0.599. The van der Waals surface area contributed by atoms with Crippen LogP contribution in [0.5, 0.6) is 0 Å². The van der Waals surface area contributed by atoms with E-state index in [1.54, 1.807) is 56.7 Å². The lowest BCUT2D eigenvalue weighted by Gasteiger charge is -2.39. The molecule has 182 valence electrons. The highest BCUT2D eigenvalue weighted by Gasteiger charge is 2.36. The topological polar surface area (TPSA) is 103 Å². The van der Waals surface area contributed by atoms with Crippen LogP contribution in [0.1, 0.15) is 17.9 Å². The Labute approximate surface area is 207 Å². The number of aromatic nitrogens is 2. The van der Waals surface area contributed by atoms with Crippen molar-refractivity contribution in [3.8, 4) is 0 Å². The van der Waals surface area contributed by atoms with Gasteiger partial charge in [-0.15, -0.1) is 0 Å². The first-order chi connectivity index (χ1) is 16.4. The van der Waals surface area contributed by atoms with Gasteiger partial charge in [-0.1, -0.05) is 11.6 Å². The molecule has 10 nitrogen and oxygen atoms in total. The van der Waals surface area contributed by atoms with Crippen LogP contribution in [0.25, 0.3) is 0 Å². The maximum atomic E-state index is 13.3. The molecule has 2 aliphatic heterocycles. The maximum absolute atomic E-state index is 13.3. The molecule has 0 saturated carbocycles. The molecule has 2 aromatic rings. The van der Waals surface area contributed by atoms with E-state index in [2.05, 4.69) is 15.6 Å². The molecule has 12 heteroatoms. The van der Waals surface area contributed by atoms with Crippen molar-refractivity contribution in [1.29, 1.82) is 0 Å². The van der Waals surface area contributed by atoms with Crippen molar-refractivity contribution in [3.05, 3.63) is 47.0 Å². The van der Waals surface area contributed by atoms with Gasteiger partial charge in [0.25, 0.3) is 0 Å². The van der Waals surface area contributed by atoms with Gasteiger partial charge in [-0.2, -0.15) is 11.8 Å². The number of benzene rings is 1. The van der Waals surface area contributed by atoms with Crippen LogP contribution in [0.2, 0.25) is 5.02 Å². The van der Waals surface area contributed by atoms with Crippen LogP contribution < -0.4 is 10.6 Å². The third-order valence-corrected chi connectivity index (χ3v) is 6.86. The normalized spacial score (nSPS) is 17.0. The fourth-order valence-electron chi connectivity index (χ4n) is 4.15. The number of carbonyl (C=O) groups excluding carboxylic acids is 3. The van der Waals surface area contributed by atoms with Crippen molar-refractivity contribution in [2.45, 2.75) is 25.9 Å². The second-order valence-electron chi connectivity index (χ2n) is 8.19. The molecule has 4 amide bonds. The van der Waals surface area contributed by atoms with Gasteiger partial charge in [0, 0.05) is 36.9 Å². The van der Waals surface area contributed by atoms with Crippen molar-refractivity contribution in [1.82, 2.24) is 29.8 Å². The Kier molecular flexibility index (Phi) is 7.64. The molecule has 2 N–H and O–H groups in total. The lowest BCUT2D eigenvalue weighted by Crippen LogP contribution is -2.58. The highest BCUT2D eigenvalue weighted by atomic mass is 35.5. The molecule has 1 aromatic carbocycles. The van der Waals surface area contributed by atoms with E-state index in [4.69, 9.17) is 11.6 Å². The fraction of sp³-hybridized carbons (Fsp3) is 0.455. The van der Waals surface area contributed by atoms with Crippen LogP contribution in [0.15, 0.2) is 30.5 Å². The van der Waals surface area contributed by atoms with E-state index in [1.165, 1.54) is 0 Å². The van der Waals surface area contributed by atoms with E-state index in [9.17, 15) is 14.4 Å². The van der Waals surface area contributed by atoms with E-state index in [-0.39, 0.29) is 11.9 Å². The minimum atomic E-state index is -0.630. The second kappa shape index (κ2) is 10.7. The molecule has 1 aromatic heterocycles. The zero-order valence-electron chi connectivity index (χ0n) is 19.2. The van der Waals surface area contributed by atoms with Crippen molar-refractivity contribution in [3.63, 3.8) is 0 Å². The third-order valence-electron chi connectivity index (χ3n) is 5.96. The van der Waals surface area contributed by atoms with Gasteiger partial charge in [-0.3, -0.25) is 9.80 Å². The Morgan fingerprint density at radius 2 is 1.88 bits per heavy atom. The summed E-state index contributed by atoms with van der Waals surface area (Å²) >= 11 is 7.52. The molecule has 1 fully saturated rings. The van der Waals surface area contributed by atoms with Crippen LogP contribution in [-0.2, 0) is 11.3 Å². The highest BCUT2D eigenvalue weighted by Crippen LogP contribution is 2.21. The number of nitrogens with one attached hydrogen (secondary N) is 2. The average molecular weight is 506 g/mol. The van der Waals surface area contributed by atoms with Gasteiger partial charge in [0.15, 0.2) is 0 Å². The van der Waals surface area contributed by atoms with Crippen molar-refractivity contribution in [2.75, 3.05) is 43.5 Å². The minimum Gasteiger partial charge on any atom is -0.338 e. The number of urea groups is 1. The lowest BCUT2D eigenvalue weighted by molar-refractivity contribution is -0.137. The summed E-state index contributed by atoms with van der Waals surface area (Å²) in [5.74, 6) is 1.31. The average Bonchev–Trinajstić information content (AvgIpc) is 3.37. The first-order valence-electron chi connectivity index (χ1n) is 11.1. The predicted molar refractivity (Wildman–Crippen MR) is 132 cm³/mol. The van der Waals surface area contributed by atoms with Gasteiger partial charge in [0.05, 0.1) is 18.4 Å². The molecule has 1 atom stereocenters. The van der Waals surface area contributed by atoms with Crippen LogP contribution in [0.4, 0.5) is 15.3 Å². The number of fused-ring (bicyclic) bond motifs is 1. The zero-order valence-corrected chi connectivity index (χ0v) is 20.7. The highest BCUT2D eigenvalue weighted by molar-refractivity contribution is 7.98. The second-order valence-corrected chi connectivity index (χ2v) is 9.61. The molecule has 0 unspecified atom stereocenters. The SMILES string of the molecule is CSCC[C@@H](NC(=O)Nc1ccc(Cl)cc1)C(=O)N1CCN(N2Cc3cnc(C)n3C2=O)CC1. The Morgan fingerprint density at radius 3 is 2.53 bits per heavy atom. The Bertz CT molecular complexity index is 1050. The fourth-order valence-corrected chi connectivity index (χ4v) is 4.75. The van der Waals surface area contributed by atoms with E-state index >= 15 is 0 Å². The van der Waals surface area contributed by atoms with E-state index in [1.807, 2.05) is 18.2 Å². The number of hydrazine groups is 1. The summed E-state index contributed by atoms with van der Waals surface area (Å²) < 4.78 is 1.62. The number of thioether (sulfide) groups is 1. The zero-order chi connectivity index (χ0) is 24.2. The summed E-state index contributed by atoms with van der Waals surface area (Å²) in [5.41, 5.74) is 1.46. The molecular weight excluding hydrogens is 478 g/mol. The number of hydrogen-bond donors (Lipinski definition) is 2. The Balaban J connectivity index is 1.33. The molecule has 34 heavy (non-hydrogen) atoms. The molecule has 1 saturated heterocycles. The summed E-state index contributed by atoms with van der Waals surface area (Å²) in [5, 5.41) is 9.85. The van der Waals surface area contributed by atoms with Gasteiger partial charge in [0.2, 0.25) is 5.91 Å². The van der Waals surface area contributed by atoms with E-state index in [0.29, 0.717) is 55.7 Å². The molecule has 0 spiro atoms. The largest absolute Gasteiger partial charge is 0.344 e. The maximum Gasteiger partial charge on any atom is 0.344 e. The van der Waals surface area contributed by atoms with Crippen LogP contribution >= 0.6 is 23.4 Å². The number of aryl methyl sites for hydroxylation is 1. The number of anilines is 1. The third kappa shape index (κ3) is 5.31.